The molecule has 0 amide bonds. The van der Waals surface area contributed by atoms with Crippen LogP contribution in [0.15, 0.2) is 0 Å². The van der Waals surface area contributed by atoms with Gasteiger partial charge in [-0.3, -0.25) is 0 Å². The molecule has 1 saturated heterocycles. The zero-order chi connectivity index (χ0) is 9.31. The molecule has 0 aromatic heterocycles. The van der Waals surface area contributed by atoms with Gasteiger partial charge in [0.1, 0.15) is 0 Å². The molecule has 1 nitrogen and oxygen atoms in total. The summed E-state index contributed by atoms with van der Waals surface area (Å²) in [6, 6.07) is 0. The van der Waals surface area contributed by atoms with E-state index in [9.17, 15) is 0 Å². The first-order valence-corrected chi connectivity index (χ1v) is 5.99. The van der Waals surface area contributed by atoms with Gasteiger partial charge in [-0.25, -0.2) is 0 Å². The molecule has 2 unspecified atom stereocenters. The van der Waals surface area contributed by atoms with Crippen LogP contribution in [0.5, 0.6) is 0 Å². The number of hydrogen-bond acceptors (Lipinski definition) is 1. The summed E-state index contributed by atoms with van der Waals surface area (Å²) in [6.07, 6.45) is 7.40. The van der Waals surface area contributed by atoms with Crippen molar-refractivity contribution >= 4 is 0 Å². The van der Waals surface area contributed by atoms with Crippen LogP contribution in [0.4, 0.5) is 0 Å². The normalized spacial score (nSPS) is 41.5. The molecule has 1 heterocycles. The quantitative estimate of drug-likeness (QED) is 0.601. The summed E-state index contributed by atoms with van der Waals surface area (Å²) in [5, 5.41) is 0. The predicted octanol–water partition coefficient (Wildman–Crippen LogP) is 2.91. The summed E-state index contributed by atoms with van der Waals surface area (Å²) in [5.41, 5.74) is 0.743. The molecule has 0 radical (unpaired) electrons. The minimum Gasteiger partial charge on any atom is -0.303 e. The van der Waals surface area contributed by atoms with Crippen molar-refractivity contribution in [3.8, 4) is 0 Å². The summed E-state index contributed by atoms with van der Waals surface area (Å²) < 4.78 is 0. The SMILES string of the molecule is CCN1CCCCC2(CCC2C)C1. The van der Waals surface area contributed by atoms with E-state index >= 15 is 0 Å². The lowest BCUT2D eigenvalue weighted by Crippen LogP contribution is -2.46. The number of rotatable bonds is 1. The van der Waals surface area contributed by atoms with Crippen LogP contribution < -0.4 is 0 Å². The maximum absolute atomic E-state index is 2.67. The molecule has 1 aliphatic heterocycles. The first kappa shape index (κ1) is 9.51. The van der Waals surface area contributed by atoms with Crippen LogP contribution in [0.2, 0.25) is 0 Å². The van der Waals surface area contributed by atoms with Gasteiger partial charge >= 0.3 is 0 Å². The van der Waals surface area contributed by atoms with Gasteiger partial charge in [0, 0.05) is 6.54 Å². The number of hydrogen-bond donors (Lipinski definition) is 0. The first-order chi connectivity index (χ1) is 6.27. The van der Waals surface area contributed by atoms with Gasteiger partial charge in [0.2, 0.25) is 0 Å². The van der Waals surface area contributed by atoms with Gasteiger partial charge < -0.3 is 4.90 Å². The van der Waals surface area contributed by atoms with E-state index < -0.39 is 0 Å². The number of likely N-dealkylation sites (tertiary alicyclic amines) is 1. The lowest BCUT2D eigenvalue weighted by atomic mass is 9.58. The Labute approximate surface area is 82.5 Å². The topological polar surface area (TPSA) is 3.24 Å². The Bertz CT molecular complexity index is 178. The highest BCUT2D eigenvalue weighted by Gasteiger charge is 2.44. The average Bonchev–Trinajstić information content (AvgIpc) is 2.39. The summed E-state index contributed by atoms with van der Waals surface area (Å²) in [7, 11) is 0. The molecule has 2 rings (SSSR count). The van der Waals surface area contributed by atoms with Crippen LogP contribution in [0.25, 0.3) is 0 Å². The van der Waals surface area contributed by atoms with Crippen LogP contribution >= 0.6 is 0 Å². The first-order valence-electron chi connectivity index (χ1n) is 5.99. The summed E-state index contributed by atoms with van der Waals surface area (Å²) >= 11 is 0. The van der Waals surface area contributed by atoms with Crippen molar-refractivity contribution < 1.29 is 0 Å². The van der Waals surface area contributed by atoms with Crippen molar-refractivity contribution in [2.45, 2.75) is 46.0 Å². The van der Waals surface area contributed by atoms with Gasteiger partial charge in [0.25, 0.3) is 0 Å². The van der Waals surface area contributed by atoms with Gasteiger partial charge in [-0.05, 0) is 50.1 Å². The highest BCUT2D eigenvalue weighted by Crippen LogP contribution is 2.51. The molecule has 0 N–H and O–H groups in total. The van der Waals surface area contributed by atoms with Gasteiger partial charge in [-0.2, -0.15) is 0 Å². The van der Waals surface area contributed by atoms with Gasteiger partial charge in [0.05, 0.1) is 0 Å². The van der Waals surface area contributed by atoms with Crippen molar-refractivity contribution in [1.82, 2.24) is 4.90 Å². The van der Waals surface area contributed by atoms with Crippen LogP contribution in [-0.4, -0.2) is 24.5 Å². The van der Waals surface area contributed by atoms with E-state index in [1.54, 1.807) is 0 Å². The van der Waals surface area contributed by atoms with Gasteiger partial charge in [-0.1, -0.05) is 20.3 Å². The highest BCUT2D eigenvalue weighted by molar-refractivity contribution is 4.96. The summed E-state index contributed by atoms with van der Waals surface area (Å²) in [5.74, 6) is 1.000. The number of nitrogens with zero attached hydrogens (tertiary/aromatic N) is 1. The maximum Gasteiger partial charge on any atom is 0.00404 e. The second-order valence-corrected chi connectivity index (χ2v) is 5.13. The second-order valence-electron chi connectivity index (χ2n) is 5.13. The monoisotopic (exact) mass is 181 g/mol. The van der Waals surface area contributed by atoms with Crippen molar-refractivity contribution in [3.63, 3.8) is 0 Å². The van der Waals surface area contributed by atoms with Crippen LogP contribution in [-0.2, 0) is 0 Å². The lowest BCUT2D eigenvalue weighted by Gasteiger charge is -2.49. The zero-order valence-corrected chi connectivity index (χ0v) is 9.18. The smallest absolute Gasteiger partial charge is 0.00404 e. The van der Waals surface area contributed by atoms with Gasteiger partial charge in [0.15, 0.2) is 0 Å². The Kier molecular flexibility index (Phi) is 2.64. The molecular formula is C12H23N. The minimum absolute atomic E-state index is 0.743. The van der Waals surface area contributed by atoms with Crippen molar-refractivity contribution in [2.24, 2.45) is 11.3 Å². The molecule has 0 aromatic rings. The summed E-state index contributed by atoms with van der Waals surface area (Å²) in [4.78, 5) is 2.67. The van der Waals surface area contributed by atoms with E-state index in [-0.39, 0.29) is 0 Å². The molecule has 1 saturated carbocycles. The molecule has 2 fully saturated rings. The average molecular weight is 181 g/mol. The molecule has 2 atom stereocenters. The molecule has 13 heavy (non-hydrogen) atoms. The fourth-order valence-corrected chi connectivity index (χ4v) is 3.13. The fourth-order valence-electron chi connectivity index (χ4n) is 3.13. The Morgan fingerprint density at radius 1 is 1.31 bits per heavy atom. The molecule has 1 aliphatic carbocycles. The Balaban J connectivity index is 2.01. The lowest BCUT2D eigenvalue weighted by molar-refractivity contribution is 0.00694. The van der Waals surface area contributed by atoms with E-state index in [0.717, 1.165) is 11.3 Å². The summed E-state index contributed by atoms with van der Waals surface area (Å²) in [6.45, 7) is 8.77. The Morgan fingerprint density at radius 3 is 2.69 bits per heavy atom. The van der Waals surface area contributed by atoms with Crippen LogP contribution in [0.3, 0.4) is 0 Å². The van der Waals surface area contributed by atoms with Crippen molar-refractivity contribution in [1.29, 1.82) is 0 Å². The molecule has 0 bridgehead atoms. The van der Waals surface area contributed by atoms with Crippen LogP contribution in [0.1, 0.15) is 46.0 Å². The Hall–Kier alpha value is -0.0400. The van der Waals surface area contributed by atoms with Crippen molar-refractivity contribution in [3.05, 3.63) is 0 Å². The fraction of sp³-hybridized carbons (Fsp3) is 1.00. The van der Waals surface area contributed by atoms with E-state index in [1.807, 2.05) is 0 Å². The van der Waals surface area contributed by atoms with E-state index in [2.05, 4.69) is 18.7 Å². The molecular weight excluding hydrogens is 158 g/mol. The maximum atomic E-state index is 2.67. The van der Waals surface area contributed by atoms with Crippen LogP contribution in [0, 0.1) is 11.3 Å². The minimum atomic E-state index is 0.743. The third-order valence-corrected chi connectivity index (χ3v) is 4.51. The predicted molar refractivity (Wildman–Crippen MR) is 56.8 cm³/mol. The third kappa shape index (κ3) is 1.63. The van der Waals surface area contributed by atoms with Gasteiger partial charge in [-0.15, -0.1) is 0 Å². The largest absolute Gasteiger partial charge is 0.303 e. The molecule has 1 heteroatoms. The third-order valence-electron chi connectivity index (χ3n) is 4.51. The highest BCUT2D eigenvalue weighted by atomic mass is 15.1. The van der Waals surface area contributed by atoms with E-state index in [0.29, 0.717) is 0 Å². The molecule has 2 aliphatic rings. The standard InChI is InChI=1S/C12H23N/c1-3-13-9-5-4-7-12(10-13)8-6-11(12)2/h11H,3-10H2,1-2H3. The van der Waals surface area contributed by atoms with Crippen molar-refractivity contribution in [2.75, 3.05) is 19.6 Å². The molecule has 1 spiro atoms. The molecule has 0 aromatic carbocycles. The van der Waals surface area contributed by atoms with E-state index in [1.165, 1.54) is 51.7 Å². The molecule has 76 valence electrons. The second kappa shape index (κ2) is 3.61. The Morgan fingerprint density at radius 2 is 2.15 bits per heavy atom. The zero-order valence-electron chi connectivity index (χ0n) is 9.18. The van der Waals surface area contributed by atoms with E-state index in [4.69, 9.17) is 0 Å².